The highest BCUT2D eigenvalue weighted by molar-refractivity contribution is 5.93. The van der Waals surface area contributed by atoms with Crippen molar-refractivity contribution >= 4 is 23.7 Å². The number of epoxide rings is 1. The Morgan fingerprint density at radius 3 is 2.36 bits per heavy atom. The molecule has 2 aliphatic carbocycles. The standard InChI is InChI=1S/C24H30O9/c1-11-9-16(30-13(3)25)20(31-14(4)26)22(5)8-7-15(27)12(2)18(22)19(28)24-17(10-11)32-21(29)23(24,6)33-24/h7-8,10,12,16-20,28H,9H2,1-6H3/b11-10-/t12-,16-,17-,18+,19-,20+,22-,23+,24-/m0/s1. The van der Waals surface area contributed by atoms with E-state index in [4.69, 9.17) is 18.9 Å². The molecule has 2 heterocycles. The van der Waals surface area contributed by atoms with E-state index >= 15 is 0 Å². The largest absolute Gasteiger partial charge is 0.458 e. The van der Waals surface area contributed by atoms with Crippen LogP contribution in [0, 0.1) is 17.3 Å². The van der Waals surface area contributed by atoms with Gasteiger partial charge in [-0.3, -0.25) is 14.4 Å². The number of fused-ring (bicyclic) bond motifs is 1. The molecular formula is C24H30O9. The number of carbonyl (C=O) groups excluding carboxylic acids is 4. The Morgan fingerprint density at radius 1 is 1.15 bits per heavy atom. The van der Waals surface area contributed by atoms with Gasteiger partial charge in [0, 0.05) is 37.5 Å². The summed E-state index contributed by atoms with van der Waals surface area (Å²) in [5.41, 5.74) is -3.17. The molecule has 9 atom stereocenters. The highest BCUT2D eigenvalue weighted by Crippen LogP contribution is 2.63. The number of hydrogen-bond donors (Lipinski definition) is 1. The lowest BCUT2D eigenvalue weighted by Gasteiger charge is -2.50. The summed E-state index contributed by atoms with van der Waals surface area (Å²) in [6.45, 7) is 9.30. The van der Waals surface area contributed by atoms with Crippen molar-refractivity contribution in [2.75, 3.05) is 0 Å². The number of carbonyl (C=O) groups is 4. The van der Waals surface area contributed by atoms with Crippen molar-refractivity contribution in [2.45, 2.75) is 83.6 Å². The van der Waals surface area contributed by atoms with Crippen molar-refractivity contribution in [3.8, 4) is 0 Å². The third-order valence-corrected chi connectivity index (χ3v) is 7.74. The minimum Gasteiger partial charge on any atom is -0.458 e. The first kappa shape index (κ1) is 23.6. The molecule has 4 aliphatic rings. The maximum absolute atomic E-state index is 12.7. The van der Waals surface area contributed by atoms with Gasteiger partial charge in [-0.15, -0.1) is 0 Å². The first-order valence-corrected chi connectivity index (χ1v) is 11.1. The third kappa shape index (κ3) is 3.27. The molecule has 1 spiro atoms. The summed E-state index contributed by atoms with van der Waals surface area (Å²) in [5.74, 6) is -3.49. The fourth-order valence-corrected chi connectivity index (χ4v) is 6.08. The zero-order valence-electron chi connectivity index (χ0n) is 19.6. The maximum Gasteiger partial charge on any atom is 0.342 e. The van der Waals surface area contributed by atoms with Crippen LogP contribution in [0.1, 0.15) is 48.0 Å². The highest BCUT2D eigenvalue weighted by Gasteiger charge is 2.86. The predicted molar refractivity (Wildman–Crippen MR) is 112 cm³/mol. The van der Waals surface area contributed by atoms with Crippen molar-refractivity contribution in [1.29, 1.82) is 0 Å². The van der Waals surface area contributed by atoms with E-state index in [-0.39, 0.29) is 12.2 Å². The Bertz CT molecular complexity index is 982. The molecule has 33 heavy (non-hydrogen) atoms. The summed E-state index contributed by atoms with van der Waals surface area (Å²) in [5, 5.41) is 11.8. The molecule has 4 rings (SSSR count). The van der Waals surface area contributed by atoms with Gasteiger partial charge in [-0.1, -0.05) is 25.5 Å². The molecule has 9 heteroatoms. The lowest BCUT2D eigenvalue weighted by molar-refractivity contribution is -0.187. The number of aliphatic hydroxyl groups is 1. The molecule has 2 saturated heterocycles. The van der Waals surface area contributed by atoms with Crippen LogP contribution in [0.3, 0.4) is 0 Å². The molecule has 180 valence electrons. The molecule has 1 N–H and O–H groups in total. The summed E-state index contributed by atoms with van der Waals surface area (Å²) in [6.07, 6.45) is 0.757. The number of hydrogen-bond acceptors (Lipinski definition) is 9. The van der Waals surface area contributed by atoms with Crippen LogP contribution in [-0.2, 0) is 38.1 Å². The molecule has 0 unspecified atom stereocenters. The van der Waals surface area contributed by atoms with Crippen LogP contribution >= 0.6 is 0 Å². The van der Waals surface area contributed by atoms with Gasteiger partial charge in [0.1, 0.15) is 12.2 Å². The van der Waals surface area contributed by atoms with Gasteiger partial charge in [-0.05, 0) is 26.0 Å². The van der Waals surface area contributed by atoms with Crippen LogP contribution in [0.25, 0.3) is 0 Å². The van der Waals surface area contributed by atoms with E-state index in [1.807, 2.05) is 0 Å². The maximum atomic E-state index is 12.7. The quantitative estimate of drug-likeness (QED) is 0.280. The van der Waals surface area contributed by atoms with Gasteiger partial charge >= 0.3 is 17.9 Å². The van der Waals surface area contributed by atoms with Gasteiger partial charge in [0.2, 0.25) is 0 Å². The summed E-state index contributed by atoms with van der Waals surface area (Å²) >= 11 is 0. The molecule has 2 fully saturated rings. The molecule has 9 nitrogen and oxygen atoms in total. The number of ether oxygens (including phenoxy) is 4. The molecule has 2 aliphatic heterocycles. The smallest absolute Gasteiger partial charge is 0.342 e. The van der Waals surface area contributed by atoms with E-state index in [0.29, 0.717) is 5.57 Å². The van der Waals surface area contributed by atoms with Crippen LogP contribution in [-0.4, -0.2) is 64.4 Å². The average molecular weight is 462 g/mol. The van der Waals surface area contributed by atoms with Crippen LogP contribution in [0.5, 0.6) is 0 Å². The lowest BCUT2D eigenvalue weighted by atomic mass is 9.57. The zero-order chi connectivity index (χ0) is 24.5. The van der Waals surface area contributed by atoms with E-state index in [1.54, 1.807) is 39.8 Å². The van der Waals surface area contributed by atoms with Crippen molar-refractivity contribution in [1.82, 2.24) is 0 Å². The molecule has 0 aromatic rings. The van der Waals surface area contributed by atoms with E-state index in [9.17, 15) is 24.3 Å². The Balaban J connectivity index is 1.94. The van der Waals surface area contributed by atoms with E-state index < -0.39 is 70.8 Å². The topological polar surface area (TPSA) is 129 Å². The lowest BCUT2D eigenvalue weighted by Crippen LogP contribution is -2.60. The predicted octanol–water partition coefficient (Wildman–Crippen LogP) is 1.41. The van der Waals surface area contributed by atoms with Crippen molar-refractivity contribution in [3.63, 3.8) is 0 Å². The zero-order valence-corrected chi connectivity index (χ0v) is 19.6. The number of rotatable bonds is 2. The molecule has 0 aromatic carbocycles. The SMILES string of the molecule is CC(=O)O[C@H]1C/C(C)=C\[C@@H]2OC(=O)[C@@]3(C)O[C@]23[C@@H](O)[C@H]2[C@@H](C)C(=O)C=C[C@]2(C)[C@@H]1OC(C)=O. The number of aliphatic hydroxyl groups excluding tert-OH is 1. The van der Waals surface area contributed by atoms with Crippen LogP contribution in [0.4, 0.5) is 0 Å². The number of esters is 3. The second kappa shape index (κ2) is 7.50. The molecule has 0 aromatic heterocycles. The van der Waals surface area contributed by atoms with Crippen molar-refractivity contribution in [2.24, 2.45) is 17.3 Å². The van der Waals surface area contributed by atoms with Gasteiger partial charge in [0.15, 0.2) is 23.1 Å². The van der Waals surface area contributed by atoms with Gasteiger partial charge in [0.05, 0.1) is 6.10 Å². The van der Waals surface area contributed by atoms with Gasteiger partial charge in [0.25, 0.3) is 0 Å². The Labute approximate surface area is 192 Å². The van der Waals surface area contributed by atoms with Crippen LogP contribution in [0.2, 0.25) is 0 Å². The van der Waals surface area contributed by atoms with Gasteiger partial charge in [-0.2, -0.15) is 0 Å². The monoisotopic (exact) mass is 462 g/mol. The van der Waals surface area contributed by atoms with Crippen molar-refractivity contribution in [3.05, 3.63) is 23.8 Å². The molecule has 0 radical (unpaired) electrons. The average Bonchev–Trinajstić information content (AvgIpc) is 3.29. The Hall–Kier alpha value is -2.52. The van der Waals surface area contributed by atoms with E-state index in [0.717, 1.165) is 0 Å². The summed E-state index contributed by atoms with van der Waals surface area (Å²) in [7, 11) is 0. The summed E-state index contributed by atoms with van der Waals surface area (Å²) in [6, 6.07) is 0. The summed E-state index contributed by atoms with van der Waals surface area (Å²) in [4.78, 5) is 49.5. The van der Waals surface area contributed by atoms with Crippen LogP contribution in [0.15, 0.2) is 23.8 Å². The first-order chi connectivity index (χ1) is 15.3. The van der Waals surface area contributed by atoms with Gasteiger partial charge in [-0.25, -0.2) is 4.79 Å². The molecule has 0 amide bonds. The second-order valence-corrected chi connectivity index (χ2v) is 10.0. The van der Waals surface area contributed by atoms with E-state index in [2.05, 4.69) is 0 Å². The normalized spacial score (nSPS) is 47.8. The van der Waals surface area contributed by atoms with Crippen molar-refractivity contribution < 1.29 is 43.2 Å². The number of allylic oxidation sites excluding steroid dienone is 1. The minimum absolute atomic E-state index is 0.187. The minimum atomic E-state index is -1.38. The summed E-state index contributed by atoms with van der Waals surface area (Å²) < 4.78 is 22.9. The fraction of sp³-hybridized carbons (Fsp3) is 0.667. The van der Waals surface area contributed by atoms with E-state index in [1.165, 1.54) is 19.9 Å². The van der Waals surface area contributed by atoms with Gasteiger partial charge < -0.3 is 24.1 Å². The molecular weight excluding hydrogens is 432 g/mol. The van der Waals surface area contributed by atoms with Crippen LogP contribution < -0.4 is 0 Å². The molecule has 0 bridgehead atoms. The second-order valence-electron chi connectivity index (χ2n) is 10.0. The highest BCUT2D eigenvalue weighted by atomic mass is 16.7. The number of ketones is 1. The Kier molecular flexibility index (Phi) is 5.37. The third-order valence-electron chi connectivity index (χ3n) is 7.74. The first-order valence-electron chi connectivity index (χ1n) is 11.1. The molecule has 0 saturated carbocycles. The Morgan fingerprint density at radius 2 is 1.79 bits per heavy atom. The fourth-order valence-electron chi connectivity index (χ4n) is 6.08.